The average Bonchev–Trinajstić information content (AvgIpc) is 2.20. The first-order valence-corrected chi connectivity index (χ1v) is 5.52. The fourth-order valence-electron chi connectivity index (χ4n) is 1.11. The van der Waals surface area contributed by atoms with Gasteiger partial charge in [-0.05, 0) is 19.1 Å². The predicted octanol–water partition coefficient (Wildman–Crippen LogP) is 2.76. The molecule has 84 valence electrons. The molecule has 1 unspecified atom stereocenters. The monoisotopic (exact) mass is 232 g/mol. The van der Waals surface area contributed by atoms with Gasteiger partial charge in [-0.15, -0.1) is 0 Å². The summed E-state index contributed by atoms with van der Waals surface area (Å²) in [7, 11) is 0. The molecule has 0 heterocycles. The molecule has 0 spiro atoms. The second-order valence-electron chi connectivity index (χ2n) is 3.16. The molecule has 0 aromatic heterocycles. The van der Waals surface area contributed by atoms with Crippen molar-refractivity contribution >= 4 is 17.4 Å². The highest BCUT2D eigenvalue weighted by atomic mass is 32.2. The molecule has 0 amide bonds. The maximum atomic E-state index is 12.2. The third kappa shape index (κ3) is 4.05. The Hall–Kier alpha value is -0.810. The number of para-hydroxylation sites is 1. The average molecular weight is 232 g/mol. The fourth-order valence-corrected chi connectivity index (χ4v) is 1.71. The first kappa shape index (κ1) is 12.3. The maximum absolute atomic E-state index is 12.2. The summed E-state index contributed by atoms with van der Waals surface area (Å²) in [4.78, 5) is 0.549. The molecule has 1 aromatic rings. The smallest absolute Gasteiger partial charge is 0.288 e. The lowest BCUT2D eigenvalue weighted by Gasteiger charge is -2.15. The second-order valence-corrected chi connectivity index (χ2v) is 4.19. The third-order valence-electron chi connectivity index (χ3n) is 1.86. The van der Waals surface area contributed by atoms with Crippen molar-refractivity contribution in [3.63, 3.8) is 0 Å². The van der Waals surface area contributed by atoms with E-state index < -0.39 is 5.76 Å². The number of benzene rings is 1. The van der Waals surface area contributed by atoms with Gasteiger partial charge in [0.05, 0.1) is 0 Å². The lowest BCUT2D eigenvalue weighted by atomic mass is 10.2. The van der Waals surface area contributed by atoms with Crippen molar-refractivity contribution in [2.75, 3.05) is 11.9 Å². The molecule has 0 fully saturated rings. The Morgan fingerprint density at radius 2 is 2.07 bits per heavy atom. The molecular formula is C10H14F2N2S. The Bertz CT molecular complexity index is 307. The van der Waals surface area contributed by atoms with E-state index in [1.54, 1.807) is 24.3 Å². The number of halogens is 2. The SMILES string of the molecule is CC(CN)Nc1ccccc1SC(F)F. The zero-order valence-corrected chi connectivity index (χ0v) is 9.23. The van der Waals surface area contributed by atoms with Crippen LogP contribution in [0, 0.1) is 0 Å². The number of nitrogens with one attached hydrogen (secondary N) is 1. The Kier molecular flexibility index (Phi) is 4.84. The van der Waals surface area contributed by atoms with Crippen molar-refractivity contribution in [3.8, 4) is 0 Å². The fraction of sp³-hybridized carbons (Fsp3) is 0.400. The standard InChI is InChI=1S/C10H14F2N2S/c1-7(6-13)14-8-4-2-3-5-9(8)15-10(11)12/h2-5,7,10,14H,6,13H2,1H3. The Balaban J connectivity index is 2.76. The lowest BCUT2D eigenvalue weighted by Crippen LogP contribution is -2.25. The van der Waals surface area contributed by atoms with Crippen molar-refractivity contribution in [3.05, 3.63) is 24.3 Å². The number of nitrogens with two attached hydrogens (primary N) is 1. The molecule has 0 aliphatic heterocycles. The van der Waals surface area contributed by atoms with E-state index in [2.05, 4.69) is 5.32 Å². The van der Waals surface area contributed by atoms with Crippen LogP contribution in [0.1, 0.15) is 6.92 Å². The van der Waals surface area contributed by atoms with Crippen LogP contribution in [0.4, 0.5) is 14.5 Å². The van der Waals surface area contributed by atoms with E-state index in [1.807, 2.05) is 6.92 Å². The van der Waals surface area contributed by atoms with Gasteiger partial charge >= 0.3 is 0 Å². The molecule has 0 aliphatic rings. The van der Waals surface area contributed by atoms with Gasteiger partial charge in [-0.2, -0.15) is 8.78 Å². The van der Waals surface area contributed by atoms with E-state index in [9.17, 15) is 8.78 Å². The van der Waals surface area contributed by atoms with Gasteiger partial charge in [0, 0.05) is 23.2 Å². The first-order chi connectivity index (χ1) is 7.13. The maximum Gasteiger partial charge on any atom is 0.288 e. The van der Waals surface area contributed by atoms with Crippen LogP contribution in [0.15, 0.2) is 29.2 Å². The van der Waals surface area contributed by atoms with Gasteiger partial charge in [-0.3, -0.25) is 0 Å². The topological polar surface area (TPSA) is 38.0 Å². The Morgan fingerprint density at radius 3 is 2.67 bits per heavy atom. The zero-order chi connectivity index (χ0) is 11.3. The summed E-state index contributed by atoms with van der Waals surface area (Å²) in [6, 6.07) is 7.06. The van der Waals surface area contributed by atoms with Crippen molar-refractivity contribution in [2.24, 2.45) is 5.73 Å². The number of rotatable bonds is 5. The summed E-state index contributed by atoms with van der Waals surface area (Å²) in [5.74, 6) is -2.40. The second kappa shape index (κ2) is 5.92. The van der Waals surface area contributed by atoms with E-state index in [1.165, 1.54) is 0 Å². The van der Waals surface area contributed by atoms with Crippen molar-refractivity contribution in [1.29, 1.82) is 0 Å². The molecule has 0 saturated heterocycles. The molecule has 0 bridgehead atoms. The number of hydrogen-bond donors (Lipinski definition) is 2. The number of anilines is 1. The summed E-state index contributed by atoms with van der Waals surface area (Å²) in [5, 5.41) is 3.09. The zero-order valence-electron chi connectivity index (χ0n) is 8.41. The van der Waals surface area contributed by atoms with E-state index in [0.29, 0.717) is 28.9 Å². The predicted molar refractivity (Wildman–Crippen MR) is 60.4 cm³/mol. The Morgan fingerprint density at radius 1 is 1.40 bits per heavy atom. The largest absolute Gasteiger partial charge is 0.380 e. The van der Waals surface area contributed by atoms with Crippen LogP contribution in [-0.2, 0) is 0 Å². The van der Waals surface area contributed by atoms with E-state index in [4.69, 9.17) is 5.73 Å². The van der Waals surface area contributed by atoms with Gasteiger partial charge in [0.25, 0.3) is 5.76 Å². The summed E-state index contributed by atoms with van der Waals surface area (Å²) in [6.07, 6.45) is 0. The van der Waals surface area contributed by atoms with Crippen LogP contribution < -0.4 is 11.1 Å². The van der Waals surface area contributed by atoms with Crippen LogP contribution in [0.25, 0.3) is 0 Å². The number of alkyl halides is 2. The molecule has 1 rings (SSSR count). The lowest BCUT2D eigenvalue weighted by molar-refractivity contribution is 0.252. The van der Waals surface area contributed by atoms with E-state index in [0.717, 1.165) is 0 Å². The summed E-state index contributed by atoms with van der Waals surface area (Å²) >= 11 is 0.541. The third-order valence-corrected chi connectivity index (χ3v) is 2.65. The number of hydrogen-bond acceptors (Lipinski definition) is 3. The van der Waals surface area contributed by atoms with Crippen LogP contribution in [0.2, 0.25) is 0 Å². The van der Waals surface area contributed by atoms with Crippen LogP contribution in [0.3, 0.4) is 0 Å². The normalized spacial score (nSPS) is 12.9. The minimum Gasteiger partial charge on any atom is -0.380 e. The Labute approximate surface area is 92.2 Å². The molecule has 0 saturated carbocycles. The minimum atomic E-state index is -2.40. The molecular weight excluding hydrogens is 218 g/mol. The van der Waals surface area contributed by atoms with Gasteiger partial charge in [-0.1, -0.05) is 23.9 Å². The number of thioether (sulfide) groups is 1. The minimum absolute atomic E-state index is 0.0735. The van der Waals surface area contributed by atoms with Crippen LogP contribution >= 0.6 is 11.8 Å². The van der Waals surface area contributed by atoms with Gasteiger partial charge in [0.2, 0.25) is 0 Å². The van der Waals surface area contributed by atoms with E-state index in [-0.39, 0.29) is 6.04 Å². The van der Waals surface area contributed by atoms with Gasteiger partial charge in [-0.25, -0.2) is 0 Å². The molecule has 1 atom stereocenters. The van der Waals surface area contributed by atoms with Crippen molar-refractivity contribution in [2.45, 2.75) is 23.6 Å². The van der Waals surface area contributed by atoms with E-state index >= 15 is 0 Å². The quantitative estimate of drug-likeness (QED) is 0.767. The highest BCUT2D eigenvalue weighted by Crippen LogP contribution is 2.31. The molecule has 1 aromatic carbocycles. The van der Waals surface area contributed by atoms with Gasteiger partial charge < -0.3 is 11.1 Å². The molecule has 0 radical (unpaired) electrons. The molecule has 5 heteroatoms. The molecule has 0 aliphatic carbocycles. The molecule has 3 N–H and O–H groups in total. The summed E-state index contributed by atoms with van der Waals surface area (Å²) in [6.45, 7) is 2.37. The highest BCUT2D eigenvalue weighted by molar-refractivity contribution is 7.99. The van der Waals surface area contributed by atoms with Crippen molar-refractivity contribution < 1.29 is 8.78 Å². The van der Waals surface area contributed by atoms with Gasteiger partial charge in [0.15, 0.2) is 0 Å². The first-order valence-electron chi connectivity index (χ1n) is 4.64. The van der Waals surface area contributed by atoms with Gasteiger partial charge in [0.1, 0.15) is 0 Å². The van der Waals surface area contributed by atoms with Crippen molar-refractivity contribution in [1.82, 2.24) is 0 Å². The molecule has 15 heavy (non-hydrogen) atoms. The van der Waals surface area contributed by atoms with Crippen LogP contribution in [0.5, 0.6) is 0 Å². The van der Waals surface area contributed by atoms with Crippen LogP contribution in [-0.4, -0.2) is 18.3 Å². The summed E-state index contributed by atoms with van der Waals surface area (Å²) < 4.78 is 24.5. The molecule has 2 nitrogen and oxygen atoms in total. The highest BCUT2D eigenvalue weighted by Gasteiger charge is 2.10. The summed E-state index contributed by atoms with van der Waals surface area (Å²) in [5.41, 5.74) is 6.16.